The van der Waals surface area contributed by atoms with Crippen LogP contribution in [0, 0.1) is 5.92 Å². The van der Waals surface area contributed by atoms with Crippen molar-refractivity contribution in [3.8, 4) is 0 Å². The maximum atomic E-state index is 12.6. The number of ketones is 1. The molecule has 1 heterocycles. The molecular formula is C22H34O9. The molecule has 1 saturated heterocycles. The fraction of sp³-hybridized carbons (Fsp3) is 0.636. The average molecular weight is 443 g/mol. The van der Waals surface area contributed by atoms with E-state index in [9.17, 15) is 30.0 Å². The molecule has 0 aromatic carbocycles. The second-order valence-corrected chi connectivity index (χ2v) is 8.13. The molecule has 1 fully saturated rings. The van der Waals surface area contributed by atoms with Gasteiger partial charge < -0.3 is 35.0 Å². The van der Waals surface area contributed by atoms with Crippen LogP contribution in [0.1, 0.15) is 40.5 Å². The predicted molar refractivity (Wildman–Crippen MR) is 112 cm³/mol. The van der Waals surface area contributed by atoms with E-state index in [1.165, 1.54) is 19.1 Å². The second-order valence-electron chi connectivity index (χ2n) is 8.13. The molecular weight excluding hydrogens is 408 g/mol. The van der Waals surface area contributed by atoms with Gasteiger partial charge in [-0.3, -0.25) is 4.79 Å². The molecule has 0 bridgehead atoms. The molecule has 0 saturated carbocycles. The van der Waals surface area contributed by atoms with E-state index >= 15 is 0 Å². The number of carbonyl (C=O) groups is 2. The van der Waals surface area contributed by atoms with E-state index in [1.807, 2.05) is 0 Å². The summed E-state index contributed by atoms with van der Waals surface area (Å²) >= 11 is 0. The van der Waals surface area contributed by atoms with Gasteiger partial charge in [0.15, 0.2) is 6.29 Å². The molecule has 176 valence electrons. The topological polar surface area (TPSA) is 154 Å². The Morgan fingerprint density at radius 3 is 2.32 bits per heavy atom. The summed E-state index contributed by atoms with van der Waals surface area (Å²) in [4.78, 5) is 23.5. The molecule has 9 nitrogen and oxygen atoms in total. The van der Waals surface area contributed by atoms with Crippen LogP contribution in [0.3, 0.4) is 0 Å². The Hall–Kier alpha value is -1.88. The minimum absolute atomic E-state index is 0.104. The fourth-order valence-electron chi connectivity index (χ4n) is 3.18. The molecule has 1 rings (SSSR count). The van der Waals surface area contributed by atoms with Crippen LogP contribution >= 0.6 is 0 Å². The predicted octanol–water partition coefficient (Wildman–Crippen LogP) is 0.710. The van der Waals surface area contributed by atoms with Crippen LogP contribution in [0.25, 0.3) is 0 Å². The van der Waals surface area contributed by atoms with Crippen molar-refractivity contribution < 1.29 is 44.6 Å². The van der Waals surface area contributed by atoms with Gasteiger partial charge in [-0.25, -0.2) is 4.79 Å². The van der Waals surface area contributed by atoms with Crippen molar-refractivity contribution in [1.29, 1.82) is 0 Å². The fourth-order valence-corrected chi connectivity index (χ4v) is 3.18. The van der Waals surface area contributed by atoms with Crippen molar-refractivity contribution in [2.24, 2.45) is 5.92 Å². The highest BCUT2D eigenvalue weighted by Crippen LogP contribution is 2.29. The third kappa shape index (κ3) is 7.64. The summed E-state index contributed by atoms with van der Waals surface area (Å²) in [5.74, 6) is -1.59. The monoisotopic (exact) mass is 442 g/mol. The van der Waals surface area contributed by atoms with Crippen molar-refractivity contribution in [3.05, 3.63) is 36.0 Å². The summed E-state index contributed by atoms with van der Waals surface area (Å²) in [6, 6.07) is 0. The Balaban J connectivity index is 2.78. The molecule has 0 aromatic rings. The Labute approximate surface area is 182 Å². The maximum Gasteiger partial charge on any atom is 0.331 e. The summed E-state index contributed by atoms with van der Waals surface area (Å²) < 4.78 is 11.1. The van der Waals surface area contributed by atoms with E-state index in [0.29, 0.717) is 5.57 Å². The van der Waals surface area contributed by atoms with E-state index < -0.39 is 54.8 Å². The number of carboxylic acids is 1. The van der Waals surface area contributed by atoms with Crippen molar-refractivity contribution in [3.63, 3.8) is 0 Å². The first-order chi connectivity index (χ1) is 14.3. The van der Waals surface area contributed by atoms with E-state index in [4.69, 9.17) is 14.6 Å². The van der Waals surface area contributed by atoms with Crippen LogP contribution < -0.4 is 0 Å². The summed E-state index contributed by atoms with van der Waals surface area (Å²) in [6.07, 6.45) is -2.13. The lowest BCUT2D eigenvalue weighted by atomic mass is 9.92. The molecule has 0 radical (unpaired) electrons. The zero-order valence-electron chi connectivity index (χ0n) is 18.4. The molecule has 1 aliphatic heterocycles. The van der Waals surface area contributed by atoms with Crippen LogP contribution in [-0.2, 0) is 19.1 Å². The highest BCUT2D eigenvalue weighted by molar-refractivity contribution is 5.86. The van der Waals surface area contributed by atoms with Gasteiger partial charge in [-0.1, -0.05) is 24.6 Å². The van der Waals surface area contributed by atoms with Gasteiger partial charge >= 0.3 is 5.97 Å². The van der Waals surface area contributed by atoms with Crippen LogP contribution in [0.2, 0.25) is 0 Å². The Morgan fingerprint density at radius 2 is 1.81 bits per heavy atom. The lowest BCUT2D eigenvalue weighted by Crippen LogP contribution is -2.60. The van der Waals surface area contributed by atoms with E-state index in [0.717, 1.165) is 0 Å². The molecule has 0 spiro atoms. The summed E-state index contributed by atoms with van der Waals surface area (Å²) in [5.41, 5.74) is -0.271. The molecule has 5 N–H and O–H groups in total. The summed E-state index contributed by atoms with van der Waals surface area (Å²) in [7, 11) is 0. The van der Waals surface area contributed by atoms with Gasteiger partial charge in [-0.15, -0.1) is 6.58 Å². The number of Topliss-reactive ketones (excluding diaryl/α,β-unsaturated/α-hetero) is 1. The Kier molecular flexibility index (Phi) is 10.2. The van der Waals surface area contributed by atoms with Crippen molar-refractivity contribution >= 4 is 11.8 Å². The van der Waals surface area contributed by atoms with Gasteiger partial charge in [0.05, 0.1) is 12.2 Å². The van der Waals surface area contributed by atoms with Crippen LogP contribution in [0.5, 0.6) is 0 Å². The SMILES string of the molecule is C=C[C@](C)(CCC(=O)[C@H](C)/C=C(C)/C=C(\C)C(=O)O)O[C@H]1O[C@H](CO)[C@@H](O)[C@H](O)[C@H]1O. The molecule has 0 unspecified atom stereocenters. The zero-order valence-corrected chi connectivity index (χ0v) is 18.4. The number of aliphatic carboxylic acids is 1. The second kappa shape index (κ2) is 11.7. The lowest BCUT2D eigenvalue weighted by molar-refractivity contribution is -0.319. The van der Waals surface area contributed by atoms with Gasteiger partial charge in [-0.2, -0.15) is 0 Å². The number of carboxylic acid groups (broad SMARTS) is 1. The average Bonchev–Trinajstić information content (AvgIpc) is 2.72. The van der Waals surface area contributed by atoms with E-state index in [1.54, 1.807) is 26.8 Å². The van der Waals surface area contributed by atoms with Crippen LogP contribution in [0.4, 0.5) is 0 Å². The van der Waals surface area contributed by atoms with Gasteiger partial charge in [-0.05, 0) is 33.3 Å². The number of aliphatic hydroxyl groups is 4. The van der Waals surface area contributed by atoms with E-state index in [-0.39, 0.29) is 24.2 Å². The van der Waals surface area contributed by atoms with Gasteiger partial charge in [0, 0.05) is 17.9 Å². The molecule has 7 atom stereocenters. The number of rotatable bonds is 11. The summed E-state index contributed by atoms with van der Waals surface area (Å²) in [5, 5.41) is 48.2. The lowest BCUT2D eigenvalue weighted by Gasteiger charge is -2.42. The van der Waals surface area contributed by atoms with Crippen LogP contribution in [-0.4, -0.2) is 80.2 Å². The minimum atomic E-state index is -1.57. The quantitative estimate of drug-likeness (QED) is 0.177. The normalized spacial score (nSPS) is 30.4. The third-order valence-electron chi connectivity index (χ3n) is 5.34. The molecule has 0 aliphatic carbocycles. The number of hydrogen-bond acceptors (Lipinski definition) is 8. The van der Waals surface area contributed by atoms with Gasteiger partial charge in [0.25, 0.3) is 0 Å². The maximum absolute atomic E-state index is 12.6. The minimum Gasteiger partial charge on any atom is -0.478 e. The van der Waals surface area contributed by atoms with Crippen molar-refractivity contribution in [1.82, 2.24) is 0 Å². The highest BCUT2D eigenvalue weighted by atomic mass is 16.7. The van der Waals surface area contributed by atoms with Crippen molar-refractivity contribution in [2.75, 3.05) is 6.61 Å². The third-order valence-corrected chi connectivity index (χ3v) is 5.34. The molecule has 9 heteroatoms. The van der Waals surface area contributed by atoms with Crippen molar-refractivity contribution in [2.45, 2.75) is 76.8 Å². The number of aliphatic hydroxyl groups excluding tert-OH is 4. The molecule has 0 amide bonds. The Morgan fingerprint density at radius 1 is 1.19 bits per heavy atom. The zero-order chi connectivity index (χ0) is 23.9. The highest BCUT2D eigenvalue weighted by Gasteiger charge is 2.46. The molecule has 0 aromatic heterocycles. The standard InChI is InChI=1S/C22H34O9/c1-6-22(5,31-21-19(27)18(26)17(25)16(11-23)30-21)8-7-15(24)13(3)9-12(2)10-14(4)20(28)29/h6,9-10,13,16-19,21,23,25-27H,1,7-8,11H2,2-5H3,(H,28,29)/b12-9+,14-10+/t13-,16-,17-,18+,19-,21-,22-/m1/s1. The number of ether oxygens (including phenoxy) is 2. The number of allylic oxidation sites excluding steroid dienone is 3. The molecule has 31 heavy (non-hydrogen) atoms. The first-order valence-corrected chi connectivity index (χ1v) is 10.1. The first-order valence-electron chi connectivity index (χ1n) is 10.1. The molecule has 1 aliphatic rings. The van der Waals surface area contributed by atoms with Gasteiger partial charge in [0.2, 0.25) is 0 Å². The van der Waals surface area contributed by atoms with Crippen LogP contribution in [0.15, 0.2) is 36.0 Å². The first kappa shape index (κ1) is 27.2. The summed E-state index contributed by atoms with van der Waals surface area (Å²) in [6.45, 7) is 9.66. The smallest absolute Gasteiger partial charge is 0.331 e. The number of hydrogen-bond donors (Lipinski definition) is 5. The Bertz CT molecular complexity index is 712. The largest absolute Gasteiger partial charge is 0.478 e. The van der Waals surface area contributed by atoms with E-state index in [2.05, 4.69) is 6.58 Å². The van der Waals surface area contributed by atoms with Gasteiger partial charge in [0.1, 0.15) is 30.2 Å². The number of carbonyl (C=O) groups excluding carboxylic acids is 1.